The monoisotopic (exact) mass is 264 g/mol. The second-order valence-electron chi connectivity index (χ2n) is 4.68. The number of rotatable bonds is 5. The van der Waals surface area contributed by atoms with E-state index < -0.39 is 18.1 Å². The number of carboxylic acids is 1. The first kappa shape index (κ1) is 13.5. The minimum Gasteiger partial charge on any atom is -0.481 e. The van der Waals surface area contributed by atoms with E-state index >= 15 is 0 Å². The topological polar surface area (TPSA) is 113 Å². The Morgan fingerprint density at radius 1 is 1.47 bits per heavy atom. The summed E-state index contributed by atoms with van der Waals surface area (Å²) in [6.07, 6.45) is -0.519. The second kappa shape index (κ2) is 5.38. The molecule has 2 rings (SSSR count). The Labute approximate surface area is 110 Å². The third-order valence-corrected chi connectivity index (χ3v) is 3.19. The largest absolute Gasteiger partial charge is 0.481 e. The Hall–Kier alpha value is -1.92. The fourth-order valence-corrected chi connectivity index (χ4v) is 2.13. The zero-order valence-electron chi connectivity index (χ0n) is 10.3. The van der Waals surface area contributed by atoms with Crippen molar-refractivity contribution in [2.45, 2.75) is 31.4 Å². The lowest BCUT2D eigenvalue weighted by atomic mass is 9.97. The Bertz CT molecular complexity index is 515. The number of fused-ring (bicyclic) bond motifs is 1. The Morgan fingerprint density at radius 2 is 2.21 bits per heavy atom. The number of carbonyl (C=O) groups excluding carboxylic acids is 1. The smallest absolute Gasteiger partial charge is 0.303 e. The lowest BCUT2D eigenvalue weighted by Gasteiger charge is -2.19. The van der Waals surface area contributed by atoms with E-state index in [4.69, 9.17) is 10.8 Å². The molecule has 0 fully saturated rings. The average molecular weight is 264 g/mol. The van der Waals surface area contributed by atoms with Gasteiger partial charge in [-0.3, -0.25) is 9.59 Å². The van der Waals surface area contributed by atoms with Crippen molar-refractivity contribution in [1.29, 1.82) is 0 Å². The van der Waals surface area contributed by atoms with Crippen LogP contribution in [0.4, 0.5) is 5.69 Å². The van der Waals surface area contributed by atoms with Crippen LogP contribution in [0.5, 0.6) is 0 Å². The van der Waals surface area contributed by atoms with Crippen LogP contribution in [-0.4, -0.2) is 28.1 Å². The summed E-state index contributed by atoms with van der Waals surface area (Å²) in [5, 5.41) is 21.4. The van der Waals surface area contributed by atoms with Crippen LogP contribution in [0.15, 0.2) is 18.2 Å². The summed E-state index contributed by atoms with van der Waals surface area (Å²) in [6.45, 7) is 0. The summed E-state index contributed by atoms with van der Waals surface area (Å²) in [6, 6.07) is 4.51. The number of nitrogens with one attached hydrogen (secondary N) is 1. The Kier molecular flexibility index (Phi) is 3.82. The van der Waals surface area contributed by atoms with Gasteiger partial charge in [0.25, 0.3) is 0 Å². The summed E-state index contributed by atoms with van der Waals surface area (Å²) < 4.78 is 0. The summed E-state index contributed by atoms with van der Waals surface area (Å²) in [5.41, 5.74) is 7.95. The number of amides is 1. The van der Waals surface area contributed by atoms with Crippen molar-refractivity contribution in [3.63, 3.8) is 0 Å². The van der Waals surface area contributed by atoms with Gasteiger partial charge in [-0.05, 0) is 23.6 Å². The SMILES string of the molecule is NC(CCC(=O)O)C(O)c1ccc2c(c1)CC(=O)N2. The summed E-state index contributed by atoms with van der Waals surface area (Å²) in [4.78, 5) is 21.7. The molecule has 0 spiro atoms. The molecule has 6 nitrogen and oxygen atoms in total. The van der Waals surface area contributed by atoms with Crippen LogP contribution < -0.4 is 11.1 Å². The van der Waals surface area contributed by atoms with Gasteiger partial charge < -0.3 is 21.3 Å². The molecule has 1 aromatic carbocycles. The minimum atomic E-state index is -0.939. The predicted octanol–water partition coefficient (Wildman–Crippen LogP) is 0.407. The molecule has 1 heterocycles. The molecule has 102 valence electrons. The van der Waals surface area contributed by atoms with Gasteiger partial charge >= 0.3 is 5.97 Å². The van der Waals surface area contributed by atoms with Crippen LogP contribution in [0, 0.1) is 0 Å². The van der Waals surface area contributed by atoms with Crippen LogP contribution in [0.1, 0.15) is 30.1 Å². The van der Waals surface area contributed by atoms with Crippen LogP contribution >= 0.6 is 0 Å². The molecule has 2 unspecified atom stereocenters. The van der Waals surface area contributed by atoms with Crippen LogP contribution in [-0.2, 0) is 16.0 Å². The average Bonchev–Trinajstić information content (AvgIpc) is 2.73. The molecule has 0 bridgehead atoms. The normalized spacial score (nSPS) is 16.6. The molecule has 6 heteroatoms. The number of benzene rings is 1. The molecule has 0 saturated heterocycles. The van der Waals surface area contributed by atoms with Crippen molar-refractivity contribution in [2.75, 3.05) is 5.32 Å². The molecule has 1 amide bonds. The van der Waals surface area contributed by atoms with Crippen LogP contribution in [0.2, 0.25) is 0 Å². The first-order chi connectivity index (χ1) is 8.97. The van der Waals surface area contributed by atoms with Crippen LogP contribution in [0.3, 0.4) is 0 Å². The maximum Gasteiger partial charge on any atom is 0.303 e. The molecule has 0 saturated carbocycles. The quantitative estimate of drug-likeness (QED) is 0.615. The zero-order valence-corrected chi connectivity index (χ0v) is 10.3. The first-order valence-corrected chi connectivity index (χ1v) is 6.05. The molecule has 19 heavy (non-hydrogen) atoms. The summed E-state index contributed by atoms with van der Waals surface area (Å²) >= 11 is 0. The van der Waals surface area contributed by atoms with Gasteiger partial charge in [0.05, 0.1) is 12.5 Å². The number of anilines is 1. The number of nitrogens with two attached hydrogens (primary N) is 1. The highest BCUT2D eigenvalue weighted by Crippen LogP contribution is 2.27. The van der Waals surface area contributed by atoms with E-state index in [-0.39, 0.29) is 18.7 Å². The van der Waals surface area contributed by atoms with Crippen molar-refractivity contribution in [2.24, 2.45) is 5.73 Å². The van der Waals surface area contributed by atoms with Crippen molar-refractivity contribution >= 4 is 17.6 Å². The van der Waals surface area contributed by atoms with E-state index in [0.29, 0.717) is 12.0 Å². The van der Waals surface area contributed by atoms with E-state index in [1.165, 1.54) is 0 Å². The number of carbonyl (C=O) groups is 2. The van der Waals surface area contributed by atoms with E-state index in [0.717, 1.165) is 11.3 Å². The fourth-order valence-electron chi connectivity index (χ4n) is 2.13. The summed E-state index contributed by atoms with van der Waals surface area (Å²) in [5.74, 6) is -1.01. The third-order valence-electron chi connectivity index (χ3n) is 3.19. The molecule has 2 atom stereocenters. The van der Waals surface area contributed by atoms with Gasteiger partial charge in [-0.2, -0.15) is 0 Å². The molecule has 5 N–H and O–H groups in total. The van der Waals surface area contributed by atoms with E-state index in [1.54, 1.807) is 18.2 Å². The lowest BCUT2D eigenvalue weighted by molar-refractivity contribution is -0.137. The van der Waals surface area contributed by atoms with E-state index in [2.05, 4.69) is 5.32 Å². The van der Waals surface area contributed by atoms with Gasteiger partial charge in [-0.1, -0.05) is 12.1 Å². The standard InChI is InChI=1S/C13H16N2O4/c14-9(2-4-12(17)18)13(19)7-1-3-10-8(5-7)6-11(16)15-10/h1,3,5,9,13,19H,2,4,6,14H2,(H,15,16)(H,17,18). The highest BCUT2D eigenvalue weighted by Gasteiger charge is 2.22. The molecule has 1 aliphatic rings. The molecule has 0 radical (unpaired) electrons. The van der Waals surface area contributed by atoms with Crippen molar-refractivity contribution in [3.05, 3.63) is 29.3 Å². The number of aliphatic carboxylic acids is 1. The van der Waals surface area contributed by atoms with Gasteiger partial charge in [-0.25, -0.2) is 0 Å². The van der Waals surface area contributed by atoms with Crippen molar-refractivity contribution in [3.8, 4) is 0 Å². The lowest BCUT2D eigenvalue weighted by Crippen LogP contribution is -2.29. The van der Waals surface area contributed by atoms with Gasteiger partial charge in [0.1, 0.15) is 0 Å². The molecule has 1 aromatic rings. The number of carboxylic acid groups (broad SMARTS) is 1. The number of hydrogen-bond donors (Lipinski definition) is 4. The fraction of sp³-hybridized carbons (Fsp3) is 0.385. The third kappa shape index (κ3) is 3.10. The van der Waals surface area contributed by atoms with Crippen molar-refractivity contribution < 1.29 is 19.8 Å². The number of aliphatic hydroxyl groups excluding tert-OH is 1. The Morgan fingerprint density at radius 3 is 2.89 bits per heavy atom. The first-order valence-electron chi connectivity index (χ1n) is 6.05. The van der Waals surface area contributed by atoms with Gasteiger partial charge in [0.15, 0.2) is 0 Å². The highest BCUT2D eigenvalue weighted by atomic mass is 16.4. The predicted molar refractivity (Wildman–Crippen MR) is 68.6 cm³/mol. The molecule has 1 aliphatic heterocycles. The maximum absolute atomic E-state index is 11.2. The molecular weight excluding hydrogens is 248 g/mol. The Balaban J connectivity index is 2.07. The maximum atomic E-state index is 11.2. The molecular formula is C13H16N2O4. The number of hydrogen-bond acceptors (Lipinski definition) is 4. The molecule has 0 aromatic heterocycles. The van der Waals surface area contributed by atoms with Crippen LogP contribution in [0.25, 0.3) is 0 Å². The van der Waals surface area contributed by atoms with Crippen molar-refractivity contribution in [1.82, 2.24) is 0 Å². The minimum absolute atomic E-state index is 0.0724. The van der Waals surface area contributed by atoms with Gasteiger partial charge in [0.2, 0.25) is 5.91 Å². The molecule has 0 aliphatic carbocycles. The van der Waals surface area contributed by atoms with E-state index in [9.17, 15) is 14.7 Å². The van der Waals surface area contributed by atoms with Gasteiger partial charge in [-0.15, -0.1) is 0 Å². The van der Waals surface area contributed by atoms with Gasteiger partial charge in [0, 0.05) is 18.2 Å². The summed E-state index contributed by atoms with van der Waals surface area (Å²) in [7, 11) is 0. The highest BCUT2D eigenvalue weighted by molar-refractivity contribution is 5.99. The zero-order chi connectivity index (χ0) is 14.0. The number of aliphatic hydroxyl groups is 1. The second-order valence-corrected chi connectivity index (χ2v) is 4.68. The van der Waals surface area contributed by atoms with E-state index in [1.807, 2.05) is 0 Å².